The first-order valence-electron chi connectivity index (χ1n) is 7.62. The van der Waals surface area contributed by atoms with Crippen LogP contribution in [0, 0.1) is 5.92 Å². The van der Waals surface area contributed by atoms with Gasteiger partial charge in [0, 0.05) is 12.1 Å². The van der Waals surface area contributed by atoms with Crippen LogP contribution in [-0.4, -0.2) is 17.4 Å². The molecule has 1 unspecified atom stereocenters. The van der Waals surface area contributed by atoms with E-state index in [9.17, 15) is 4.79 Å². The van der Waals surface area contributed by atoms with Crippen molar-refractivity contribution in [3.63, 3.8) is 0 Å². The first kappa shape index (κ1) is 13.9. The number of hydrogen-bond acceptors (Lipinski definition) is 1. The van der Waals surface area contributed by atoms with Crippen LogP contribution in [0.3, 0.4) is 0 Å². The minimum Gasteiger partial charge on any atom is -0.331 e. The summed E-state index contributed by atoms with van der Waals surface area (Å²) >= 11 is 0. The summed E-state index contributed by atoms with van der Waals surface area (Å²) in [6.07, 6.45) is 0.942. The predicted molar refractivity (Wildman–Crippen MR) is 85.2 cm³/mol. The average Bonchev–Trinajstić information content (AvgIpc) is 2.53. The second-order valence-electron chi connectivity index (χ2n) is 6.00. The molecule has 0 saturated carbocycles. The highest BCUT2D eigenvalue weighted by atomic mass is 16.2. The third kappa shape index (κ3) is 2.58. The Labute approximate surface area is 126 Å². The number of fused-ring (bicyclic) bond motifs is 1. The summed E-state index contributed by atoms with van der Waals surface area (Å²) in [5.41, 5.74) is 3.47. The predicted octanol–water partition coefficient (Wildman–Crippen LogP) is 4.08. The molecule has 21 heavy (non-hydrogen) atoms. The summed E-state index contributed by atoms with van der Waals surface area (Å²) < 4.78 is 0. The molecule has 108 valence electrons. The van der Waals surface area contributed by atoms with Crippen LogP contribution in [0.2, 0.25) is 0 Å². The van der Waals surface area contributed by atoms with Gasteiger partial charge < -0.3 is 4.90 Å². The van der Waals surface area contributed by atoms with Crippen LogP contribution in [0.15, 0.2) is 54.6 Å². The number of hydrogen-bond donors (Lipinski definition) is 0. The Bertz CT molecular complexity index is 633. The van der Waals surface area contributed by atoms with Crippen molar-refractivity contribution in [2.75, 3.05) is 6.54 Å². The number of rotatable bonds is 2. The van der Waals surface area contributed by atoms with Crippen molar-refractivity contribution in [1.29, 1.82) is 0 Å². The van der Waals surface area contributed by atoms with Crippen molar-refractivity contribution in [2.45, 2.75) is 26.3 Å². The summed E-state index contributed by atoms with van der Waals surface area (Å²) in [6, 6.07) is 18.3. The molecule has 0 fully saturated rings. The molecule has 0 saturated heterocycles. The highest BCUT2D eigenvalue weighted by Crippen LogP contribution is 2.35. The Morgan fingerprint density at radius 2 is 1.71 bits per heavy atom. The third-order valence-corrected chi connectivity index (χ3v) is 4.24. The first-order valence-corrected chi connectivity index (χ1v) is 7.62. The molecule has 0 aliphatic carbocycles. The molecule has 3 rings (SSSR count). The fraction of sp³-hybridized carbons (Fsp3) is 0.316. The lowest BCUT2D eigenvalue weighted by molar-refractivity contribution is 0.0603. The Kier molecular flexibility index (Phi) is 3.78. The van der Waals surface area contributed by atoms with E-state index in [1.54, 1.807) is 0 Å². The molecule has 0 spiro atoms. The first-order chi connectivity index (χ1) is 10.2. The molecule has 1 aliphatic heterocycles. The van der Waals surface area contributed by atoms with Crippen LogP contribution >= 0.6 is 0 Å². The average molecular weight is 279 g/mol. The van der Waals surface area contributed by atoms with Gasteiger partial charge >= 0.3 is 0 Å². The van der Waals surface area contributed by atoms with Gasteiger partial charge in [-0.15, -0.1) is 0 Å². The van der Waals surface area contributed by atoms with E-state index in [0.717, 1.165) is 18.5 Å². The number of carbonyl (C=O) groups is 1. The molecule has 1 aliphatic rings. The second kappa shape index (κ2) is 5.72. The van der Waals surface area contributed by atoms with Gasteiger partial charge in [0.1, 0.15) is 0 Å². The topological polar surface area (TPSA) is 20.3 Å². The van der Waals surface area contributed by atoms with Crippen LogP contribution in [0.25, 0.3) is 0 Å². The maximum absolute atomic E-state index is 12.9. The Hall–Kier alpha value is -2.09. The number of nitrogens with zero attached hydrogens (tertiary/aromatic N) is 1. The van der Waals surface area contributed by atoms with Crippen molar-refractivity contribution in [2.24, 2.45) is 5.92 Å². The van der Waals surface area contributed by atoms with Gasteiger partial charge in [-0.3, -0.25) is 4.79 Å². The highest BCUT2D eigenvalue weighted by Gasteiger charge is 2.32. The maximum atomic E-state index is 12.9. The van der Waals surface area contributed by atoms with Crippen LogP contribution in [-0.2, 0) is 6.42 Å². The lowest BCUT2D eigenvalue weighted by Gasteiger charge is -2.40. The van der Waals surface area contributed by atoms with Gasteiger partial charge in [-0.2, -0.15) is 0 Å². The van der Waals surface area contributed by atoms with Gasteiger partial charge in [0.25, 0.3) is 5.91 Å². The van der Waals surface area contributed by atoms with Gasteiger partial charge in [-0.1, -0.05) is 56.3 Å². The Balaban J connectivity index is 1.98. The number of benzene rings is 2. The molecule has 0 bridgehead atoms. The molecule has 1 atom stereocenters. The molecule has 2 heteroatoms. The fourth-order valence-electron chi connectivity index (χ4n) is 3.29. The van der Waals surface area contributed by atoms with Gasteiger partial charge in [-0.05, 0) is 35.6 Å². The molecule has 1 amide bonds. The number of amides is 1. The van der Waals surface area contributed by atoms with Crippen molar-refractivity contribution in [3.8, 4) is 0 Å². The minimum absolute atomic E-state index is 0.142. The molecule has 2 aromatic rings. The molecule has 0 radical (unpaired) electrons. The Morgan fingerprint density at radius 3 is 2.43 bits per heavy atom. The zero-order valence-corrected chi connectivity index (χ0v) is 12.6. The van der Waals surface area contributed by atoms with E-state index >= 15 is 0 Å². The SMILES string of the molecule is CC(C)C1c2ccccc2CCN1C(=O)c1ccccc1. The van der Waals surface area contributed by atoms with Crippen molar-refractivity contribution in [3.05, 3.63) is 71.3 Å². The van der Waals surface area contributed by atoms with E-state index in [1.165, 1.54) is 11.1 Å². The van der Waals surface area contributed by atoms with E-state index in [0.29, 0.717) is 5.92 Å². The van der Waals surface area contributed by atoms with E-state index in [-0.39, 0.29) is 11.9 Å². The largest absolute Gasteiger partial charge is 0.331 e. The monoisotopic (exact) mass is 279 g/mol. The van der Waals surface area contributed by atoms with E-state index in [4.69, 9.17) is 0 Å². The van der Waals surface area contributed by atoms with Gasteiger partial charge in [0.15, 0.2) is 0 Å². The van der Waals surface area contributed by atoms with Crippen LogP contribution in [0.4, 0.5) is 0 Å². The fourth-order valence-corrected chi connectivity index (χ4v) is 3.29. The lowest BCUT2D eigenvalue weighted by atomic mass is 9.86. The minimum atomic E-state index is 0.142. The van der Waals surface area contributed by atoms with Gasteiger partial charge in [0.05, 0.1) is 6.04 Å². The van der Waals surface area contributed by atoms with Crippen molar-refractivity contribution in [1.82, 2.24) is 4.90 Å². The lowest BCUT2D eigenvalue weighted by Crippen LogP contribution is -2.42. The summed E-state index contributed by atoms with van der Waals surface area (Å²) in [5.74, 6) is 0.544. The Morgan fingerprint density at radius 1 is 1.05 bits per heavy atom. The summed E-state index contributed by atoms with van der Waals surface area (Å²) in [4.78, 5) is 14.9. The normalized spacial score (nSPS) is 17.7. The number of carbonyl (C=O) groups excluding carboxylic acids is 1. The quantitative estimate of drug-likeness (QED) is 0.811. The smallest absolute Gasteiger partial charge is 0.254 e. The molecular weight excluding hydrogens is 258 g/mol. The van der Waals surface area contributed by atoms with Crippen LogP contribution in [0.5, 0.6) is 0 Å². The van der Waals surface area contributed by atoms with Gasteiger partial charge in [0.2, 0.25) is 0 Å². The molecule has 0 aromatic heterocycles. The van der Waals surface area contributed by atoms with E-state index in [2.05, 4.69) is 38.1 Å². The highest BCUT2D eigenvalue weighted by molar-refractivity contribution is 5.94. The molecular formula is C19H21NO. The summed E-state index contributed by atoms with van der Waals surface area (Å²) in [5, 5.41) is 0. The molecule has 1 heterocycles. The summed E-state index contributed by atoms with van der Waals surface area (Å²) in [7, 11) is 0. The molecule has 0 N–H and O–H groups in total. The summed E-state index contributed by atoms with van der Waals surface area (Å²) in [6.45, 7) is 5.18. The van der Waals surface area contributed by atoms with Gasteiger partial charge in [-0.25, -0.2) is 0 Å². The zero-order chi connectivity index (χ0) is 14.8. The second-order valence-corrected chi connectivity index (χ2v) is 6.00. The third-order valence-electron chi connectivity index (χ3n) is 4.24. The van der Waals surface area contributed by atoms with Crippen molar-refractivity contribution >= 4 is 5.91 Å². The zero-order valence-electron chi connectivity index (χ0n) is 12.6. The molecule has 2 aromatic carbocycles. The van der Waals surface area contributed by atoms with E-state index in [1.807, 2.05) is 35.2 Å². The van der Waals surface area contributed by atoms with Crippen LogP contribution < -0.4 is 0 Å². The van der Waals surface area contributed by atoms with E-state index < -0.39 is 0 Å². The van der Waals surface area contributed by atoms with Crippen LogP contribution in [0.1, 0.15) is 41.4 Å². The maximum Gasteiger partial charge on any atom is 0.254 e. The molecule has 2 nitrogen and oxygen atoms in total. The van der Waals surface area contributed by atoms with Crippen molar-refractivity contribution < 1.29 is 4.79 Å². The standard InChI is InChI=1S/C19H21NO/c1-14(2)18-17-11-7-6-8-15(17)12-13-20(18)19(21)16-9-4-3-5-10-16/h3-11,14,18H,12-13H2,1-2H3.